The zero-order valence-electron chi connectivity index (χ0n) is 16.7. The second kappa shape index (κ2) is 8.79. The van der Waals surface area contributed by atoms with Crippen LogP contribution in [0.3, 0.4) is 0 Å². The van der Waals surface area contributed by atoms with Gasteiger partial charge in [0.05, 0.1) is 24.6 Å². The largest absolute Gasteiger partial charge is 0.395 e. The van der Waals surface area contributed by atoms with Gasteiger partial charge in [-0.15, -0.1) is 11.3 Å². The molecule has 0 saturated carbocycles. The smallest absolute Gasteiger partial charge is 0.264 e. The van der Waals surface area contributed by atoms with Gasteiger partial charge in [-0.25, -0.2) is 0 Å². The Balaban J connectivity index is 1.63. The van der Waals surface area contributed by atoms with Crippen LogP contribution in [0.4, 0.5) is 0 Å². The van der Waals surface area contributed by atoms with Crippen LogP contribution in [0.15, 0.2) is 24.3 Å². The Labute approximate surface area is 174 Å². The third-order valence-electron chi connectivity index (χ3n) is 5.74. The number of benzene rings is 1. The number of fused-ring (bicyclic) bond motifs is 1. The second-order valence-electron chi connectivity index (χ2n) is 7.52. The first-order chi connectivity index (χ1) is 14.1. The minimum Gasteiger partial charge on any atom is -0.395 e. The molecule has 2 saturated heterocycles. The molecule has 3 heterocycles. The van der Waals surface area contributed by atoms with Gasteiger partial charge < -0.3 is 19.6 Å². The predicted octanol–water partition coefficient (Wildman–Crippen LogP) is 1.57. The van der Waals surface area contributed by atoms with Crippen molar-refractivity contribution < 1.29 is 19.4 Å². The van der Waals surface area contributed by atoms with Crippen LogP contribution in [0, 0.1) is 0 Å². The Kier molecular flexibility index (Phi) is 6.15. The first kappa shape index (κ1) is 20.3. The van der Waals surface area contributed by atoms with Gasteiger partial charge in [-0.2, -0.15) is 0 Å². The summed E-state index contributed by atoms with van der Waals surface area (Å²) in [4.78, 5) is 31.9. The summed E-state index contributed by atoms with van der Waals surface area (Å²) in [6.45, 7) is 6.73. The van der Waals surface area contributed by atoms with Crippen molar-refractivity contribution in [3.05, 3.63) is 34.7 Å². The number of hydrogen-bond donors (Lipinski definition) is 1. The summed E-state index contributed by atoms with van der Waals surface area (Å²) in [5, 5.41) is 10.2. The van der Waals surface area contributed by atoms with Gasteiger partial charge in [0.1, 0.15) is 6.10 Å². The molecule has 1 aromatic heterocycles. The van der Waals surface area contributed by atoms with Gasteiger partial charge in [-0.3, -0.25) is 14.5 Å². The number of piperazine rings is 1. The molecule has 0 unspecified atom stereocenters. The summed E-state index contributed by atoms with van der Waals surface area (Å²) in [6.07, 6.45) is -0.293. The van der Waals surface area contributed by atoms with Gasteiger partial charge in [0, 0.05) is 56.5 Å². The first-order valence-electron chi connectivity index (χ1n) is 10.1. The average molecular weight is 418 g/mol. The van der Waals surface area contributed by atoms with E-state index >= 15 is 0 Å². The molecule has 1 atom stereocenters. The third kappa shape index (κ3) is 4.16. The number of β-amino-alcohol motifs (C(OH)–C–C–N with tert-alkyl or cyclic N) is 1. The highest BCUT2D eigenvalue weighted by molar-refractivity contribution is 7.21. The van der Waals surface area contributed by atoms with E-state index in [9.17, 15) is 9.59 Å². The lowest BCUT2D eigenvalue weighted by Gasteiger charge is -2.35. The van der Waals surface area contributed by atoms with Crippen LogP contribution in [-0.2, 0) is 9.53 Å². The number of aliphatic hydroxyl groups excluding tert-OH is 1. The Morgan fingerprint density at radius 3 is 2.62 bits per heavy atom. The van der Waals surface area contributed by atoms with Crippen LogP contribution in [0.2, 0.25) is 0 Å². The minimum atomic E-state index is -0.293. The lowest BCUT2D eigenvalue weighted by molar-refractivity contribution is -0.136. The topological polar surface area (TPSA) is 73.3 Å². The van der Waals surface area contributed by atoms with Crippen LogP contribution in [0.5, 0.6) is 0 Å². The molecule has 29 heavy (non-hydrogen) atoms. The number of hydrogen-bond acceptors (Lipinski definition) is 6. The molecule has 4 rings (SSSR count). The zero-order chi connectivity index (χ0) is 20.4. The van der Waals surface area contributed by atoms with Gasteiger partial charge in [0.15, 0.2) is 0 Å². The number of thiophene rings is 1. The Hall–Kier alpha value is -2.00. The quantitative estimate of drug-likeness (QED) is 0.818. The van der Waals surface area contributed by atoms with Crippen molar-refractivity contribution in [2.75, 3.05) is 59.0 Å². The number of ether oxygens (including phenoxy) is 1. The molecule has 2 aliphatic rings. The van der Waals surface area contributed by atoms with Crippen LogP contribution < -0.4 is 0 Å². The maximum Gasteiger partial charge on any atom is 0.264 e. The lowest BCUT2D eigenvalue weighted by Crippen LogP contribution is -2.49. The number of aliphatic hydroxyl groups is 1. The summed E-state index contributed by atoms with van der Waals surface area (Å²) >= 11 is 1.51. The normalized spacial score (nSPS) is 21.0. The SMILES string of the molecule is CC(=O)N1CCO[C@H](c2c(C(=O)N3CCN(CCO)CC3)sc3ccccc23)C1. The third-order valence-corrected chi connectivity index (χ3v) is 6.91. The van der Waals surface area contributed by atoms with Gasteiger partial charge in [-0.1, -0.05) is 18.2 Å². The van der Waals surface area contributed by atoms with E-state index < -0.39 is 0 Å². The molecule has 2 fully saturated rings. The molecule has 0 spiro atoms. The summed E-state index contributed by atoms with van der Waals surface area (Å²) in [7, 11) is 0. The minimum absolute atomic E-state index is 0.0331. The van der Waals surface area contributed by atoms with Crippen LogP contribution >= 0.6 is 11.3 Å². The standard InChI is InChI=1S/C21H27N3O4S/c1-15(26)24-11-13-28-17(14-24)19-16-4-2-3-5-18(16)29-20(19)21(27)23-8-6-22(7-9-23)10-12-25/h2-5,17,25H,6-14H2,1H3/t17-/m0/s1. The van der Waals surface area contributed by atoms with Crippen molar-refractivity contribution in [1.82, 2.24) is 14.7 Å². The Morgan fingerprint density at radius 2 is 1.90 bits per heavy atom. The highest BCUT2D eigenvalue weighted by Gasteiger charge is 2.32. The zero-order valence-corrected chi connectivity index (χ0v) is 17.5. The van der Waals surface area contributed by atoms with E-state index in [1.807, 2.05) is 29.2 Å². The summed E-state index contributed by atoms with van der Waals surface area (Å²) in [6, 6.07) is 8.03. The average Bonchev–Trinajstić information content (AvgIpc) is 3.13. The fourth-order valence-corrected chi connectivity index (χ4v) is 5.34. The summed E-state index contributed by atoms with van der Waals surface area (Å²) in [5.41, 5.74) is 0.916. The molecule has 0 radical (unpaired) electrons. The molecule has 1 aromatic carbocycles. The van der Waals surface area contributed by atoms with Gasteiger partial charge >= 0.3 is 0 Å². The van der Waals surface area contributed by atoms with Crippen molar-refractivity contribution in [1.29, 1.82) is 0 Å². The van der Waals surface area contributed by atoms with Gasteiger partial charge in [0.2, 0.25) is 5.91 Å². The fourth-order valence-electron chi connectivity index (χ4n) is 4.11. The van der Waals surface area contributed by atoms with Crippen molar-refractivity contribution in [2.24, 2.45) is 0 Å². The molecule has 7 nitrogen and oxygen atoms in total. The summed E-state index contributed by atoms with van der Waals surface area (Å²) in [5.74, 6) is 0.0686. The van der Waals surface area contributed by atoms with E-state index in [1.54, 1.807) is 11.8 Å². The Bertz CT molecular complexity index is 891. The van der Waals surface area contributed by atoms with Crippen LogP contribution in [0.1, 0.15) is 28.3 Å². The number of carbonyl (C=O) groups is 2. The highest BCUT2D eigenvalue weighted by Crippen LogP contribution is 2.39. The van der Waals surface area contributed by atoms with Gasteiger partial charge in [-0.05, 0) is 11.5 Å². The second-order valence-corrected chi connectivity index (χ2v) is 8.58. The molecular formula is C21H27N3O4S. The molecule has 0 bridgehead atoms. The van der Waals surface area contributed by atoms with Crippen LogP contribution in [0.25, 0.3) is 10.1 Å². The highest BCUT2D eigenvalue weighted by atomic mass is 32.1. The molecule has 156 valence electrons. The molecule has 0 aliphatic carbocycles. The molecule has 2 aromatic rings. The van der Waals surface area contributed by atoms with Crippen molar-refractivity contribution in [3.63, 3.8) is 0 Å². The molecule has 2 amide bonds. The number of rotatable bonds is 4. The van der Waals surface area contributed by atoms with E-state index in [-0.39, 0.29) is 24.5 Å². The van der Waals surface area contributed by atoms with Crippen LogP contribution in [-0.4, -0.2) is 90.6 Å². The number of nitrogens with zero attached hydrogens (tertiary/aromatic N) is 3. The number of carbonyl (C=O) groups excluding carboxylic acids is 2. The molecule has 1 N–H and O–H groups in total. The van der Waals surface area contributed by atoms with E-state index in [2.05, 4.69) is 4.90 Å². The first-order valence-corrected chi connectivity index (χ1v) is 10.9. The van der Waals surface area contributed by atoms with Crippen molar-refractivity contribution >= 4 is 33.2 Å². The molecule has 8 heteroatoms. The number of amides is 2. The maximum absolute atomic E-state index is 13.4. The van der Waals surface area contributed by atoms with E-state index in [4.69, 9.17) is 9.84 Å². The molecule has 2 aliphatic heterocycles. The predicted molar refractivity (Wildman–Crippen MR) is 112 cm³/mol. The fraction of sp³-hybridized carbons (Fsp3) is 0.524. The Morgan fingerprint density at radius 1 is 1.14 bits per heavy atom. The van der Waals surface area contributed by atoms with Gasteiger partial charge in [0.25, 0.3) is 5.91 Å². The van der Waals surface area contributed by atoms with E-state index in [1.165, 1.54) is 11.3 Å². The monoisotopic (exact) mass is 417 g/mol. The van der Waals surface area contributed by atoms with Crippen molar-refractivity contribution in [3.8, 4) is 0 Å². The van der Waals surface area contributed by atoms with E-state index in [0.29, 0.717) is 39.3 Å². The lowest BCUT2D eigenvalue weighted by atomic mass is 10.0. The molecular weight excluding hydrogens is 390 g/mol. The maximum atomic E-state index is 13.4. The summed E-state index contributed by atoms with van der Waals surface area (Å²) < 4.78 is 7.11. The number of morpholine rings is 1. The van der Waals surface area contributed by atoms with E-state index in [0.717, 1.165) is 33.6 Å². The van der Waals surface area contributed by atoms with Crippen molar-refractivity contribution in [2.45, 2.75) is 13.0 Å².